The molecule has 13 heteroatoms. The highest BCUT2D eigenvalue weighted by atomic mass is 16.5. The number of ether oxygens (including phenoxy) is 2. The molecule has 0 bridgehead atoms. The molecule has 2 saturated heterocycles. The van der Waals surface area contributed by atoms with Crippen LogP contribution < -0.4 is 10.6 Å². The summed E-state index contributed by atoms with van der Waals surface area (Å²) in [7, 11) is 2.93. The van der Waals surface area contributed by atoms with Crippen molar-refractivity contribution in [3.8, 4) is 11.3 Å². The van der Waals surface area contributed by atoms with Crippen molar-refractivity contribution in [2.45, 2.75) is 101 Å². The monoisotopic (exact) mass is 764 g/mol. The van der Waals surface area contributed by atoms with Gasteiger partial charge in [-0.3, -0.25) is 14.9 Å². The minimum absolute atomic E-state index is 0.0479. The minimum atomic E-state index is -0.667. The van der Waals surface area contributed by atoms with Crippen LogP contribution in [0.25, 0.3) is 11.3 Å². The van der Waals surface area contributed by atoms with Crippen molar-refractivity contribution >= 4 is 17.9 Å². The predicted octanol–water partition coefficient (Wildman–Crippen LogP) is 6.88. The van der Waals surface area contributed by atoms with Crippen LogP contribution in [-0.2, 0) is 19.1 Å². The number of hydrogen-bond donors (Lipinski definition) is 4. The van der Waals surface area contributed by atoms with Gasteiger partial charge in [-0.25, -0.2) is 14.8 Å². The molecule has 7 rings (SSSR count). The van der Waals surface area contributed by atoms with E-state index in [0.717, 1.165) is 79.8 Å². The first-order valence-corrected chi connectivity index (χ1v) is 20.2. The molecule has 2 aromatic heterocycles. The lowest BCUT2D eigenvalue weighted by molar-refractivity contribution is -0.136. The first-order valence-electron chi connectivity index (χ1n) is 20.2. The number of carbonyl (C=O) groups is 3. The maximum Gasteiger partial charge on any atom is 0.407 e. The summed E-state index contributed by atoms with van der Waals surface area (Å²) >= 11 is 0. The molecule has 298 valence electrons. The number of aromatic amines is 2. The molecule has 4 unspecified atom stereocenters. The Balaban J connectivity index is 0.946. The number of methoxy groups -OCH3 is 2. The number of aromatic nitrogens is 4. The Hall–Kier alpha value is -5.01. The van der Waals surface area contributed by atoms with E-state index in [2.05, 4.69) is 44.9 Å². The van der Waals surface area contributed by atoms with E-state index in [1.807, 2.05) is 66.4 Å². The van der Waals surface area contributed by atoms with Crippen LogP contribution in [0.1, 0.15) is 124 Å². The second-order valence-corrected chi connectivity index (χ2v) is 15.8. The van der Waals surface area contributed by atoms with E-state index in [0.29, 0.717) is 24.9 Å². The summed E-state index contributed by atoms with van der Waals surface area (Å²) in [6, 6.07) is 17.3. The van der Waals surface area contributed by atoms with Crippen LogP contribution in [0.15, 0.2) is 67.0 Å². The standard InChI is InChI=1S/C43H56N8O5/c1-27(2)37(49-43(54)56-4)41(52)50-22-8-12-35(50)39-44-24-33(47-39)30-18-14-28(15-19-30)29-16-20-31(21-17-29)34-25-45-40(48-34)36-13-9-23-51(36)42(53)38(46-26-55-3)32-10-6-5-7-11-32/h5-7,10-11,14-15,18-19,24-25,27,29,31,35-38,46H,8-9,12-13,16-17,20-23,26H2,1-4H3,(H,44,47)(H,45,48)(H,49,54). The fourth-order valence-electron chi connectivity index (χ4n) is 8.89. The Labute approximate surface area is 329 Å². The van der Waals surface area contributed by atoms with E-state index in [1.165, 1.54) is 18.4 Å². The van der Waals surface area contributed by atoms with E-state index in [4.69, 9.17) is 19.4 Å². The van der Waals surface area contributed by atoms with Gasteiger partial charge in [0.2, 0.25) is 11.8 Å². The third kappa shape index (κ3) is 8.53. The Kier molecular flexibility index (Phi) is 12.5. The third-order valence-electron chi connectivity index (χ3n) is 12.0. The Bertz CT molecular complexity index is 1920. The molecule has 1 aliphatic carbocycles. The zero-order chi connectivity index (χ0) is 39.2. The van der Waals surface area contributed by atoms with Crippen molar-refractivity contribution < 1.29 is 23.9 Å². The number of nitrogens with one attached hydrogen (secondary N) is 4. The molecular formula is C43H56N8O5. The van der Waals surface area contributed by atoms with Crippen molar-refractivity contribution in [2.75, 3.05) is 34.0 Å². The third-order valence-corrected chi connectivity index (χ3v) is 12.0. The first kappa shape index (κ1) is 39.2. The number of nitrogens with zero attached hydrogens (tertiary/aromatic N) is 4. The number of benzene rings is 2. The van der Waals surface area contributed by atoms with Gasteiger partial charge in [0.05, 0.1) is 37.8 Å². The second kappa shape index (κ2) is 17.8. The highest BCUT2D eigenvalue weighted by molar-refractivity contribution is 5.86. The summed E-state index contributed by atoms with van der Waals surface area (Å²) in [4.78, 5) is 59.9. The molecule has 4 atom stereocenters. The van der Waals surface area contributed by atoms with Crippen molar-refractivity contribution in [3.63, 3.8) is 0 Å². The molecule has 1 saturated carbocycles. The quantitative estimate of drug-likeness (QED) is 0.107. The predicted molar refractivity (Wildman–Crippen MR) is 212 cm³/mol. The van der Waals surface area contributed by atoms with Gasteiger partial charge in [-0.05, 0) is 79.9 Å². The molecule has 3 aliphatic rings. The molecular weight excluding hydrogens is 709 g/mol. The number of hydrogen-bond acceptors (Lipinski definition) is 8. The smallest absolute Gasteiger partial charge is 0.407 e. The number of alkyl carbamates (subject to hydrolysis) is 1. The van der Waals surface area contributed by atoms with E-state index < -0.39 is 18.2 Å². The van der Waals surface area contributed by atoms with E-state index in [1.54, 1.807) is 7.11 Å². The van der Waals surface area contributed by atoms with Gasteiger partial charge in [0.15, 0.2) is 0 Å². The molecule has 13 nitrogen and oxygen atoms in total. The number of rotatable bonds is 13. The normalized spacial score (nSPS) is 22.3. The summed E-state index contributed by atoms with van der Waals surface area (Å²) in [6.45, 7) is 5.45. The van der Waals surface area contributed by atoms with Crippen molar-refractivity contribution in [2.24, 2.45) is 5.92 Å². The van der Waals surface area contributed by atoms with Gasteiger partial charge in [-0.2, -0.15) is 0 Å². The molecule has 0 radical (unpaired) electrons. The zero-order valence-electron chi connectivity index (χ0n) is 33.0. The number of amides is 3. The van der Waals surface area contributed by atoms with Crippen LogP contribution in [0.2, 0.25) is 0 Å². The van der Waals surface area contributed by atoms with Gasteiger partial charge in [-0.1, -0.05) is 68.4 Å². The highest BCUT2D eigenvalue weighted by Crippen LogP contribution is 2.42. The number of carbonyl (C=O) groups excluding carboxylic acids is 3. The van der Waals surface area contributed by atoms with Gasteiger partial charge >= 0.3 is 6.09 Å². The van der Waals surface area contributed by atoms with Gasteiger partial charge < -0.3 is 34.6 Å². The number of likely N-dealkylation sites (tertiary alicyclic amines) is 2. The van der Waals surface area contributed by atoms with Crippen LogP contribution >= 0.6 is 0 Å². The topological polar surface area (TPSA) is 158 Å². The molecule has 4 aromatic rings. The van der Waals surface area contributed by atoms with Gasteiger partial charge in [0.1, 0.15) is 23.7 Å². The van der Waals surface area contributed by atoms with Crippen molar-refractivity contribution in [1.82, 2.24) is 40.4 Å². The van der Waals surface area contributed by atoms with Gasteiger partial charge in [0.25, 0.3) is 0 Å². The molecule has 4 N–H and O–H groups in total. The fourth-order valence-corrected chi connectivity index (χ4v) is 8.89. The SMILES string of the molecule is COCNC(C(=O)N1CCCC1c1ncc(C2CCC(c3ccc(-c4cnc(C5CCCN5C(=O)C(NC(=O)OC)C(C)C)[nH]4)cc3)CC2)[nH]1)c1ccccc1. The molecule has 3 amide bonds. The average molecular weight is 765 g/mol. The van der Waals surface area contributed by atoms with Crippen molar-refractivity contribution in [1.29, 1.82) is 0 Å². The second-order valence-electron chi connectivity index (χ2n) is 15.8. The highest BCUT2D eigenvalue weighted by Gasteiger charge is 2.38. The summed E-state index contributed by atoms with van der Waals surface area (Å²) in [5.41, 5.74) is 5.41. The molecule has 2 aliphatic heterocycles. The fraction of sp³-hybridized carbons (Fsp3) is 0.512. The van der Waals surface area contributed by atoms with Crippen LogP contribution in [0.3, 0.4) is 0 Å². The molecule has 0 spiro atoms. The largest absolute Gasteiger partial charge is 0.453 e. The number of H-pyrrole nitrogens is 2. The summed E-state index contributed by atoms with van der Waals surface area (Å²) in [6.07, 6.45) is 11.1. The van der Waals surface area contributed by atoms with E-state index >= 15 is 0 Å². The van der Waals surface area contributed by atoms with Crippen LogP contribution in [0, 0.1) is 5.92 Å². The van der Waals surface area contributed by atoms with Crippen molar-refractivity contribution in [3.05, 3.63) is 95.5 Å². The molecule has 2 aromatic carbocycles. The molecule has 3 fully saturated rings. The first-order chi connectivity index (χ1) is 27.2. The van der Waals surface area contributed by atoms with Gasteiger partial charge in [-0.15, -0.1) is 0 Å². The maximum absolute atomic E-state index is 13.9. The summed E-state index contributed by atoms with van der Waals surface area (Å²) in [5, 5.41) is 5.99. The summed E-state index contributed by atoms with van der Waals surface area (Å²) < 4.78 is 10.0. The van der Waals surface area contributed by atoms with Crippen LogP contribution in [-0.4, -0.2) is 87.7 Å². The lowest BCUT2D eigenvalue weighted by atomic mass is 9.77. The van der Waals surface area contributed by atoms with Crippen LogP contribution in [0.4, 0.5) is 4.79 Å². The van der Waals surface area contributed by atoms with E-state index in [9.17, 15) is 14.4 Å². The van der Waals surface area contributed by atoms with E-state index in [-0.39, 0.29) is 36.5 Å². The minimum Gasteiger partial charge on any atom is -0.453 e. The summed E-state index contributed by atoms with van der Waals surface area (Å²) in [5.74, 6) is 2.39. The molecule has 4 heterocycles. The maximum atomic E-state index is 13.9. The Morgan fingerprint density at radius 1 is 0.786 bits per heavy atom. The Morgan fingerprint density at radius 3 is 2.05 bits per heavy atom. The average Bonchev–Trinajstić information content (AvgIpc) is 4.07. The van der Waals surface area contributed by atoms with Gasteiger partial charge in [0, 0.05) is 38.0 Å². The lowest BCUT2D eigenvalue weighted by Gasteiger charge is -2.30. The van der Waals surface area contributed by atoms with Crippen LogP contribution in [0.5, 0.6) is 0 Å². The Morgan fingerprint density at radius 2 is 1.41 bits per heavy atom. The number of imidazole rings is 2. The zero-order valence-corrected chi connectivity index (χ0v) is 33.0. The lowest BCUT2D eigenvalue weighted by Crippen LogP contribution is -2.51. The molecule has 56 heavy (non-hydrogen) atoms.